The summed E-state index contributed by atoms with van der Waals surface area (Å²) in [6.07, 6.45) is 0. The number of sulfonamides is 1. The lowest BCUT2D eigenvalue weighted by Crippen LogP contribution is -2.30. The highest BCUT2D eigenvalue weighted by atomic mass is 32.2. The van der Waals surface area contributed by atoms with Gasteiger partial charge in [-0.2, -0.15) is 9.57 Å². The van der Waals surface area contributed by atoms with Gasteiger partial charge in [0.05, 0.1) is 22.8 Å². The smallest absolute Gasteiger partial charge is 0.243 e. The zero-order chi connectivity index (χ0) is 22.4. The number of nitriles is 1. The van der Waals surface area contributed by atoms with Crippen molar-refractivity contribution in [2.75, 3.05) is 13.1 Å². The largest absolute Gasteiger partial charge is 0.298 e. The summed E-state index contributed by atoms with van der Waals surface area (Å²) in [5.41, 5.74) is 1.72. The van der Waals surface area contributed by atoms with Gasteiger partial charge in [0.2, 0.25) is 10.0 Å². The molecule has 0 aliphatic heterocycles. The molecule has 162 valence electrons. The molecule has 1 atom stereocenters. The van der Waals surface area contributed by atoms with Gasteiger partial charge >= 0.3 is 0 Å². The molecular weight excluding hydrogens is 430 g/mol. The summed E-state index contributed by atoms with van der Waals surface area (Å²) in [6.45, 7) is 6.77. The molecule has 0 aliphatic rings. The van der Waals surface area contributed by atoms with Crippen LogP contribution in [0.1, 0.15) is 26.3 Å². The Morgan fingerprint density at radius 1 is 1.10 bits per heavy atom. The second-order valence-corrected chi connectivity index (χ2v) is 10.1. The summed E-state index contributed by atoms with van der Waals surface area (Å²) >= 11 is 1.33. The maximum absolute atomic E-state index is 13.0. The van der Waals surface area contributed by atoms with Crippen LogP contribution in [0.3, 0.4) is 0 Å². The van der Waals surface area contributed by atoms with Crippen molar-refractivity contribution in [1.82, 2.24) is 19.1 Å². The maximum Gasteiger partial charge on any atom is 0.243 e. The number of hydrogen-bond acceptors (Lipinski definition) is 6. The van der Waals surface area contributed by atoms with Gasteiger partial charge in [0, 0.05) is 18.7 Å². The van der Waals surface area contributed by atoms with E-state index in [-0.39, 0.29) is 10.1 Å². The number of rotatable bonds is 9. The van der Waals surface area contributed by atoms with E-state index in [0.29, 0.717) is 36.2 Å². The lowest BCUT2D eigenvalue weighted by Gasteiger charge is -2.19. The normalized spacial score (nSPS) is 12.6. The van der Waals surface area contributed by atoms with Crippen LogP contribution >= 0.6 is 11.8 Å². The van der Waals surface area contributed by atoms with E-state index in [0.717, 1.165) is 5.56 Å². The van der Waals surface area contributed by atoms with Crippen molar-refractivity contribution in [2.24, 2.45) is 0 Å². The van der Waals surface area contributed by atoms with Crippen molar-refractivity contribution < 1.29 is 8.42 Å². The first-order valence-electron chi connectivity index (χ1n) is 10.0. The number of thioether (sulfide) groups is 1. The minimum absolute atomic E-state index is 0.225. The Bertz CT molecular complexity index is 1170. The van der Waals surface area contributed by atoms with Gasteiger partial charge in [0.1, 0.15) is 0 Å². The van der Waals surface area contributed by atoms with Gasteiger partial charge in [-0.05, 0) is 24.6 Å². The second kappa shape index (κ2) is 10.1. The van der Waals surface area contributed by atoms with Crippen LogP contribution in [0.15, 0.2) is 64.6 Å². The summed E-state index contributed by atoms with van der Waals surface area (Å²) in [5.74, 6) is 0.563. The highest BCUT2D eigenvalue weighted by Crippen LogP contribution is 2.29. The third-order valence-electron chi connectivity index (χ3n) is 4.80. The summed E-state index contributed by atoms with van der Waals surface area (Å²) in [6, 6.07) is 18.9. The Morgan fingerprint density at radius 3 is 2.45 bits per heavy atom. The molecule has 0 amide bonds. The van der Waals surface area contributed by atoms with Crippen LogP contribution in [-0.2, 0) is 16.6 Å². The van der Waals surface area contributed by atoms with E-state index < -0.39 is 10.0 Å². The molecular formula is C22H25N5O2S2. The van der Waals surface area contributed by atoms with Crippen LogP contribution in [-0.4, -0.2) is 45.8 Å². The van der Waals surface area contributed by atoms with Crippen molar-refractivity contribution in [3.63, 3.8) is 0 Å². The lowest BCUT2D eigenvalue weighted by atomic mass is 10.2. The Hall–Kier alpha value is -2.67. The molecule has 0 aliphatic carbocycles. The number of nitrogens with zero attached hydrogens (tertiary/aromatic N) is 5. The highest BCUT2D eigenvalue weighted by Gasteiger charge is 2.23. The molecule has 0 spiro atoms. The minimum atomic E-state index is -3.59. The molecule has 0 N–H and O–H groups in total. The summed E-state index contributed by atoms with van der Waals surface area (Å²) < 4.78 is 29.3. The first kappa shape index (κ1) is 23.0. The number of benzene rings is 2. The Morgan fingerprint density at radius 2 is 1.81 bits per heavy atom. The molecule has 2 aromatic carbocycles. The van der Waals surface area contributed by atoms with Gasteiger partial charge in [-0.15, -0.1) is 10.2 Å². The third kappa shape index (κ3) is 5.15. The average Bonchev–Trinajstić information content (AvgIpc) is 3.17. The van der Waals surface area contributed by atoms with Gasteiger partial charge < -0.3 is 0 Å². The van der Waals surface area contributed by atoms with Crippen LogP contribution in [0.4, 0.5) is 0 Å². The molecule has 0 bridgehead atoms. The Kier molecular flexibility index (Phi) is 7.49. The number of aromatic nitrogens is 3. The fourth-order valence-corrected chi connectivity index (χ4v) is 5.43. The zero-order valence-corrected chi connectivity index (χ0v) is 19.4. The summed E-state index contributed by atoms with van der Waals surface area (Å²) in [7, 11) is -3.59. The maximum atomic E-state index is 13.0. The third-order valence-corrected chi connectivity index (χ3v) is 7.82. The number of hydrogen-bond donors (Lipinski definition) is 0. The predicted molar refractivity (Wildman–Crippen MR) is 122 cm³/mol. The first-order chi connectivity index (χ1) is 14.9. The monoisotopic (exact) mass is 455 g/mol. The molecule has 0 radical (unpaired) electrons. The quantitative estimate of drug-likeness (QED) is 0.453. The van der Waals surface area contributed by atoms with E-state index in [1.54, 1.807) is 18.2 Å². The lowest BCUT2D eigenvalue weighted by molar-refractivity contribution is 0.445. The summed E-state index contributed by atoms with van der Waals surface area (Å²) in [4.78, 5) is 0.225. The molecule has 0 saturated heterocycles. The molecule has 0 saturated carbocycles. The van der Waals surface area contributed by atoms with E-state index >= 15 is 0 Å². The van der Waals surface area contributed by atoms with Crippen molar-refractivity contribution in [1.29, 1.82) is 5.26 Å². The van der Waals surface area contributed by atoms with Crippen molar-refractivity contribution in [2.45, 2.75) is 42.6 Å². The van der Waals surface area contributed by atoms with E-state index in [9.17, 15) is 13.7 Å². The van der Waals surface area contributed by atoms with Crippen molar-refractivity contribution >= 4 is 21.8 Å². The summed E-state index contributed by atoms with van der Waals surface area (Å²) in [5, 5.41) is 18.2. The molecule has 3 aromatic rings. The van der Waals surface area contributed by atoms with Crippen LogP contribution in [0, 0.1) is 11.3 Å². The van der Waals surface area contributed by atoms with Crippen LogP contribution in [0.5, 0.6) is 0 Å². The molecule has 1 heterocycles. The molecule has 7 nitrogen and oxygen atoms in total. The topological polar surface area (TPSA) is 91.9 Å². The fourth-order valence-electron chi connectivity index (χ4n) is 3.19. The van der Waals surface area contributed by atoms with E-state index in [1.807, 2.05) is 61.7 Å². The molecule has 9 heteroatoms. The molecule has 0 fully saturated rings. The minimum Gasteiger partial charge on any atom is -0.298 e. The molecule has 31 heavy (non-hydrogen) atoms. The average molecular weight is 456 g/mol. The Balaban J connectivity index is 2.07. The van der Waals surface area contributed by atoms with Gasteiger partial charge in [0.25, 0.3) is 0 Å². The Labute approximate surface area is 187 Å². The second-order valence-electron chi connectivity index (χ2n) is 6.88. The zero-order valence-electron chi connectivity index (χ0n) is 17.8. The molecule has 1 aromatic heterocycles. The highest BCUT2D eigenvalue weighted by molar-refractivity contribution is 8.00. The van der Waals surface area contributed by atoms with Gasteiger partial charge in [0.15, 0.2) is 11.0 Å². The van der Waals surface area contributed by atoms with Crippen molar-refractivity contribution in [3.8, 4) is 17.5 Å². The fraction of sp³-hybridized carbons (Fsp3) is 0.318. The van der Waals surface area contributed by atoms with Crippen molar-refractivity contribution in [3.05, 3.63) is 60.2 Å². The molecule has 0 unspecified atom stereocenters. The van der Waals surface area contributed by atoms with Crippen LogP contribution in [0.2, 0.25) is 0 Å². The first-order valence-corrected chi connectivity index (χ1v) is 12.4. The molecule has 3 rings (SSSR count). The van der Waals surface area contributed by atoms with E-state index in [4.69, 9.17) is 0 Å². The van der Waals surface area contributed by atoms with Gasteiger partial charge in [-0.1, -0.05) is 68.1 Å². The SMILES string of the molecule is CCN(CC)S(=O)(=O)c1cccc(-c2nnc(S[C@@H](C)C#N)n2Cc2ccccc2)c1. The predicted octanol–water partition coefficient (Wildman–Crippen LogP) is 4.03. The van der Waals surface area contributed by atoms with Gasteiger partial charge in [-0.25, -0.2) is 8.42 Å². The van der Waals surface area contributed by atoms with E-state index in [2.05, 4.69) is 16.3 Å². The standard InChI is InChI=1S/C22H25N5O2S2/c1-4-26(5-2)31(28,29)20-13-9-12-19(14-20)21-24-25-22(30-17(3)15-23)27(21)16-18-10-7-6-8-11-18/h6-14,17H,4-5,16H2,1-3H3/t17-/m0/s1. The van der Waals surface area contributed by atoms with Crippen LogP contribution in [0.25, 0.3) is 11.4 Å². The van der Waals surface area contributed by atoms with Crippen LogP contribution < -0.4 is 0 Å². The van der Waals surface area contributed by atoms with E-state index in [1.165, 1.54) is 16.1 Å². The van der Waals surface area contributed by atoms with Gasteiger partial charge in [-0.3, -0.25) is 4.57 Å².